The van der Waals surface area contributed by atoms with Gasteiger partial charge in [0.25, 0.3) is 10.0 Å². The van der Waals surface area contributed by atoms with Crippen LogP contribution in [0.2, 0.25) is 10.0 Å². The third kappa shape index (κ3) is 8.40. The van der Waals surface area contributed by atoms with E-state index in [1.165, 1.54) is 17.0 Å². The summed E-state index contributed by atoms with van der Waals surface area (Å²) in [6.07, 6.45) is 1.97. The quantitative estimate of drug-likeness (QED) is 0.198. The molecule has 0 fully saturated rings. The normalized spacial score (nSPS) is 11.9. The van der Waals surface area contributed by atoms with Crippen molar-refractivity contribution < 1.29 is 22.7 Å². The smallest absolute Gasteiger partial charge is 0.264 e. The highest BCUT2D eigenvalue weighted by Crippen LogP contribution is 2.29. The van der Waals surface area contributed by atoms with E-state index in [-0.39, 0.29) is 17.3 Å². The van der Waals surface area contributed by atoms with Crippen LogP contribution in [0, 0.1) is 0 Å². The Morgan fingerprint density at radius 2 is 1.55 bits per heavy atom. The van der Waals surface area contributed by atoms with Crippen molar-refractivity contribution in [3.8, 4) is 5.75 Å². The van der Waals surface area contributed by atoms with Crippen LogP contribution in [0.1, 0.15) is 45.6 Å². The van der Waals surface area contributed by atoms with Crippen molar-refractivity contribution in [3.05, 3.63) is 88.4 Å². The number of carbonyl (C=O) groups excluding carboxylic acids is 2. The summed E-state index contributed by atoms with van der Waals surface area (Å²) in [5.74, 6) is -0.383. The van der Waals surface area contributed by atoms with Crippen LogP contribution in [0.4, 0.5) is 5.69 Å². The number of rotatable bonds is 15. The number of amides is 2. The predicted molar refractivity (Wildman–Crippen MR) is 168 cm³/mol. The lowest BCUT2D eigenvalue weighted by atomic mass is 10.1. The lowest BCUT2D eigenvalue weighted by molar-refractivity contribution is -0.140. The molecule has 0 saturated carbocycles. The van der Waals surface area contributed by atoms with E-state index in [1.54, 1.807) is 67.6 Å². The Morgan fingerprint density at radius 3 is 2.12 bits per heavy atom. The number of ether oxygens (including phenoxy) is 1. The number of sulfonamides is 1. The van der Waals surface area contributed by atoms with Crippen molar-refractivity contribution in [3.63, 3.8) is 0 Å². The Hall–Kier alpha value is -3.27. The minimum absolute atomic E-state index is 0.00680. The van der Waals surface area contributed by atoms with Gasteiger partial charge in [0.15, 0.2) is 0 Å². The van der Waals surface area contributed by atoms with Gasteiger partial charge in [-0.1, -0.05) is 67.7 Å². The van der Waals surface area contributed by atoms with Crippen LogP contribution in [0.15, 0.2) is 77.7 Å². The first-order chi connectivity index (χ1) is 20.1. The Morgan fingerprint density at radius 1 is 0.905 bits per heavy atom. The zero-order chi connectivity index (χ0) is 30.7. The maximum absolute atomic E-state index is 14.1. The summed E-state index contributed by atoms with van der Waals surface area (Å²) in [6.45, 7) is 5.91. The lowest BCUT2D eigenvalue weighted by Gasteiger charge is -2.33. The molecule has 3 aromatic carbocycles. The number of anilines is 1. The highest BCUT2D eigenvalue weighted by atomic mass is 35.5. The highest BCUT2D eigenvalue weighted by molar-refractivity contribution is 7.92. The first-order valence-corrected chi connectivity index (χ1v) is 16.1. The lowest BCUT2D eigenvalue weighted by Crippen LogP contribution is -2.52. The van der Waals surface area contributed by atoms with E-state index in [0.29, 0.717) is 46.6 Å². The van der Waals surface area contributed by atoms with Gasteiger partial charge in [-0.2, -0.15) is 0 Å². The maximum Gasteiger partial charge on any atom is 0.264 e. The maximum atomic E-state index is 14.1. The molecular weight excluding hydrogens is 597 g/mol. The van der Waals surface area contributed by atoms with E-state index < -0.39 is 28.5 Å². The van der Waals surface area contributed by atoms with Gasteiger partial charge in [0.05, 0.1) is 17.2 Å². The highest BCUT2D eigenvalue weighted by Gasteiger charge is 2.34. The fraction of sp³-hybridized carbons (Fsp3) is 0.355. The molecule has 2 amide bonds. The van der Waals surface area contributed by atoms with Crippen molar-refractivity contribution in [1.82, 2.24) is 10.2 Å². The standard InChI is InChI=1S/C31H37Cl2N3O5S/c1-4-7-20-34-31(38)29(5-2)35(21-26-27(32)14-11-15-28(26)33)30(37)22-36(23-12-9-8-10-13-23)42(39,40)25-18-16-24(17-19-25)41-6-3/h8-19,29H,4-7,20-22H2,1-3H3,(H,34,38). The monoisotopic (exact) mass is 633 g/mol. The van der Waals surface area contributed by atoms with Crippen molar-refractivity contribution in [2.45, 2.75) is 57.5 Å². The van der Waals surface area contributed by atoms with Crippen molar-refractivity contribution in [1.29, 1.82) is 0 Å². The van der Waals surface area contributed by atoms with Gasteiger partial charge < -0.3 is 15.0 Å². The van der Waals surface area contributed by atoms with Crippen LogP contribution in [-0.2, 0) is 26.2 Å². The van der Waals surface area contributed by atoms with E-state index in [1.807, 2.05) is 13.8 Å². The molecule has 0 aliphatic rings. The van der Waals surface area contributed by atoms with Gasteiger partial charge in [0, 0.05) is 28.7 Å². The number of hydrogen-bond donors (Lipinski definition) is 1. The summed E-state index contributed by atoms with van der Waals surface area (Å²) in [7, 11) is -4.20. The zero-order valence-electron chi connectivity index (χ0n) is 24.1. The van der Waals surface area contributed by atoms with Crippen LogP contribution in [0.25, 0.3) is 0 Å². The molecule has 42 heavy (non-hydrogen) atoms. The molecular formula is C31H37Cl2N3O5S. The SMILES string of the molecule is CCCCNC(=O)C(CC)N(Cc1c(Cl)cccc1Cl)C(=O)CN(c1ccccc1)S(=O)(=O)c1ccc(OCC)cc1. The molecule has 11 heteroatoms. The van der Waals surface area contributed by atoms with Crippen LogP contribution >= 0.6 is 23.2 Å². The number of nitrogens with zero attached hydrogens (tertiary/aromatic N) is 2. The number of para-hydroxylation sites is 1. The van der Waals surface area contributed by atoms with Crippen LogP contribution in [0.5, 0.6) is 5.75 Å². The fourth-order valence-electron chi connectivity index (χ4n) is 4.40. The Bertz CT molecular complexity index is 1420. The summed E-state index contributed by atoms with van der Waals surface area (Å²) < 4.78 is 34.4. The number of halogens is 2. The molecule has 0 spiro atoms. The average molecular weight is 635 g/mol. The topological polar surface area (TPSA) is 96.0 Å². The van der Waals surface area contributed by atoms with E-state index in [2.05, 4.69) is 5.32 Å². The third-order valence-corrected chi connectivity index (χ3v) is 9.15. The second-order valence-electron chi connectivity index (χ2n) is 9.54. The molecule has 1 N–H and O–H groups in total. The van der Waals surface area contributed by atoms with Gasteiger partial charge in [-0.3, -0.25) is 13.9 Å². The minimum Gasteiger partial charge on any atom is -0.494 e. The molecule has 0 bridgehead atoms. The number of nitrogens with one attached hydrogen (secondary N) is 1. The Labute approximate surface area is 258 Å². The van der Waals surface area contributed by atoms with Gasteiger partial charge in [-0.15, -0.1) is 0 Å². The summed E-state index contributed by atoms with van der Waals surface area (Å²) in [4.78, 5) is 28.8. The molecule has 1 unspecified atom stereocenters. The van der Waals surface area contributed by atoms with Crippen molar-refractivity contribution >= 4 is 50.7 Å². The zero-order valence-corrected chi connectivity index (χ0v) is 26.4. The largest absolute Gasteiger partial charge is 0.494 e. The molecule has 0 aromatic heterocycles. The van der Waals surface area contributed by atoms with E-state index in [0.717, 1.165) is 17.1 Å². The second-order valence-corrected chi connectivity index (χ2v) is 12.2. The summed E-state index contributed by atoms with van der Waals surface area (Å²) >= 11 is 12.9. The third-order valence-electron chi connectivity index (χ3n) is 6.65. The molecule has 0 aliphatic carbocycles. The van der Waals surface area contributed by atoms with Crippen LogP contribution < -0.4 is 14.4 Å². The average Bonchev–Trinajstić information content (AvgIpc) is 2.98. The molecule has 0 saturated heterocycles. The Kier molecular flexibility index (Phi) is 12.5. The predicted octanol–water partition coefficient (Wildman–Crippen LogP) is 6.31. The first-order valence-electron chi connectivity index (χ1n) is 13.9. The molecule has 1 atom stereocenters. The molecule has 8 nitrogen and oxygen atoms in total. The van der Waals surface area contributed by atoms with E-state index in [4.69, 9.17) is 27.9 Å². The second kappa shape index (κ2) is 15.8. The minimum atomic E-state index is -4.20. The van der Waals surface area contributed by atoms with E-state index in [9.17, 15) is 18.0 Å². The van der Waals surface area contributed by atoms with Crippen LogP contribution in [0.3, 0.4) is 0 Å². The summed E-state index contributed by atoms with van der Waals surface area (Å²) in [5.41, 5.74) is 0.769. The Balaban J connectivity index is 2.04. The molecule has 3 rings (SSSR count). The molecule has 0 radical (unpaired) electrons. The van der Waals surface area contributed by atoms with E-state index >= 15 is 0 Å². The fourth-order valence-corrected chi connectivity index (χ4v) is 6.34. The molecule has 3 aromatic rings. The van der Waals surface area contributed by atoms with Crippen molar-refractivity contribution in [2.75, 3.05) is 24.0 Å². The van der Waals surface area contributed by atoms with Crippen molar-refractivity contribution in [2.24, 2.45) is 0 Å². The number of unbranched alkanes of at least 4 members (excludes halogenated alkanes) is 1. The van der Waals surface area contributed by atoms with Gasteiger partial charge in [-0.25, -0.2) is 8.42 Å². The van der Waals surface area contributed by atoms with Gasteiger partial charge >= 0.3 is 0 Å². The summed E-state index contributed by atoms with van der Waals surface area (Å²) in [5, 5.41) is 3.57. The number of carbonyl (C=O) groups is 2. The molecule has 0 heterocycles. The van der Waals surface area contributed by atoms with Gasteiger partial charge in [-0.05, 0) is 68.3 Å². The van der Waals surface area contributed by atoms with Crippen LogP contribution in [-0.4, -0.2) is 50.9 Å². The van der Waals surface area contributed by atoms with Gasteiger partial charge in [0.1, 0.15) is 18.3 Å². The molecule has 0 aliphatic heterocycles. The first kappa shape index (κ1) is 33.2. The number of benzene rings is 3. The molecule has 226 valence electrons. The number of hydrogen-bond acceptors (Lipinski definition) is 5. The summed E-state index contributed by atoms with van der Waals surface area (Å²) in [6, 6.07) is 18.5. The van der Waals surface area contributed by atoms with Gasteiger partial charge in [0.2, 0.25) is 11.8 Å².